The van der Waals surface area contributed by atoms with E-state index in [1.54, 1.807) is 31.5 Å². The Labute approximate surface area is 110 Å². The number of likely N-dealkylation sites (N-methyl/N-ethyl adjacent to an activating group) is 1. The Morgan fingerprint density at radius 1 is 1.53 bits per heavy atom. The Morgan fingerprint density at radius 2 is 2.35 bits per heavy atom. The molecule has 92 valence electrons. The minimum absolute atomic E-state index is 0.687. The van der Waals surface area contributed by atoms with E-state index in [1.807, 2.05) is 6.07 Å². The zero-order valence-corrected chi connectivity index (χ0v) is 10.3. The first kappa shape index (κ1) is 7.07. The Morgan fingerprint density at radius 3 is 3.00 bits per heavy atom. The van der Waals surface area contributed by atoms with Crippen molar-refractivity contribution in [2.24, 2.45) is 0 Å². The molecule has 0 aliphatic rings. The summed E-state index contributed by atoms with van der Waals surface area (Å²) in [5.41, 5.74) is 0.698. The van der Waals surface area contributed by atoms with Crippen LogP contribution in [0.4, 0.5) is 0 Å². The highest BCUT2D eigenvalue weighted by molar-refractivity contribution is 5.81. The van der Waals surface area contributed by atoms with Crippen LogP contribution in [0.3, 0.4) is 0 Å². The van der Waals surface area contributed by atoms with Gasteiger partial charge in [0.25, 0.3) is 0 Å². The van der Waals surface area contributed by atoms with Crippen LogP contribution in [0.5, 0.6) is 5.75 Å². The van der Waals surface area contributed by atoms with Gasteiger partial charge < -0.3 is 14.2 Å². The van der Waals surface area contributed by atoms with Crippen molar-refractivity contribution in [1.82, 2.24) is 9.47 Å². The molecule has 0 radical (unpaired) electrons. The van der Waals surface area contributed by atoms with Gasteiger partial charge in [-0.1, -0.05) is 0 Å². The molecule has 2 aromatic rings. The van der Waals surface area contributed by atoms with Crippen molar-refractivity contribution in [3.8, 4) is 5.75 Å². The fraction of sp³-hybridized carbons (Fsp3) is 0.429. The molecule has 0 N–H and O–H groups in total. The second-order valence-electron chi connectivity index (χ2n) is 4.06. The maximum Gasteiger partial charge on any atom is 0.119 e. The Balaban J connectivity index is 2.55. The van der Waals surface area contributed by atoms with Crippen molar-refractivity contribution >= 4 is 10.9 Å². The predicted octanol–water partition coefficient (Wildman–Crippen LogP) is 2.60. The van der Waals surface area contributed by atoms with Crippen LogP contribution in [0.15, 0.2) is 30.5 Å². The molecule has 2 atom stereocenters. The lowest BCUT2D eigenvalue weighted by Gasteiger charge is -2.20. The van der Waals surface area contributed by atoms with Crippen LogP contribution in [-0.4, -0.2) is 36.7 Å². The molecule has 0 aliphatic heterocycles. The lowest BCUT2D eigenvalue weighted by atomic mass is 10.2. The van der Waals surface area contributed by atoms with Crippen LogP contribution in [0.25, 0.3) is 10.9 Å². The first-order valence-corrected chi connectivity index (χ1v) is 5.37. The lowest BCUT2D eigenvalue weighted by Crippen LogP contribution is -2.28. The van der Waals surface area contributed by atoms with Gasteiger partial charge in [0.05, 0.1) is 8.48 Å². The molecular weight excluding hydrogens is 212 g/mol. The monoisotopic (exact) mass is 237 g/mol. The highest BCUT2D eigenvalue weighted by Gasteiger charge is 2.08. The number of nitrogens with zero attached hydrogens (tertiary/aromatic N) is 2. The third-order valence-electron chi connectivity index (χ3n) is 2.67. The number of aromatic nitrogens is 1. The van der Waals surface area contributed by atoms with Gasteiger partial charge in [0.1, 0.15) is 5.75 Å². The number of rotatable bonds is 4. The van der Waals surface area contributed by atoms with Crippen molar-refractivity contribution in [1.29, 1.82) is 0 Å². The number of hydrogen-bond acceptors (Lipinski definition) is 2. The second-order valence-corrected chi connectivity index (χ2v) is 4.06. The summed E-state index contributed by atoms with van der Waals surface area (Å²) in [5.74, 6) is 0.687. The molecule has 1 heterocycles. The number of ether oxygens (including phenoxy) is 1. The molecule has 0 amide bonds. The van der Waals surface area contributed by atoms with Gasteiger partial charge in [-0.3, -0.25) is 0 Å². The molecule has 0 aliphatic carbocycles. The van der Waals surface area contributed by atoms with E-state index in [9.17, 15) is 0 Å². The molecule has 0 saturated heterocycles. The van der Waals surface area contributed by atoms with Crippen molar-refractivity contribution in [2.75, 3.05) is 21.2 Å². The van der Waals surface area contributed by atoms with Crippen LogP contribution in [0.1, 0.15) is 13.7 Å². The van der Waals surface area contributed by atoms with Gasteiger partial charge in [-0.25, -0.2) is 0 Å². The minimum atomic E-state index is -2.62. The Hall–Kier alpha value is -1.48. The van der Waals surface area contributed by atoms with E-state index in [-0.39, 0.29) is 0 Å². The van der Waals surface area contributed by atoms with Crippen LogP contribution in [0.2, 0.25) is 0 Å². The van der Waals surface area contributed by atoms with E-state index < -0.39 is 19.4 Å². The van der Waals surface area contributed by atoms with E-state index in [2.05, 4.69) is 0 Å². The second kappa shape index (κ2) is 4.80. The van der Waals surface area contributed by atoms with Gasteiger partial charge in [-0.2, -0.15) is 0 Å². The summed E-state index contributed by atoms with van der Waals surface area (Å²) in [6.07, 6.45) is 1.64. The summed E-state index contributed by atoms with van der Waals surface area (Å²) in [5, 5.41) is 0.836. The maximum atomic E-state index is 8.39. The fourth-order valence-electron chi connectivity index (χ4n) is 1.63. The molecule has 0 bridgehead atoms. The van der Waals surface area contributed by atoms with Crippen LogP contribution < -0.4 is 4.74 Å². The number of benzene rings is 1. The SMILES string of the molecule is [2H]C(n1ccc2cc(OC)ccc21)[C@]([2H])(N(C)C)C([2H])([2H])[2H]. The van der Waals surface area contributed by atoms with Gasteiger partial charge in [-0.15, -0.1) is 0 Å². The average Bonchev–Trinajstić information content (AvgIpc) is 2.86. The first-order valence-electron chi connectivity index (χ1n) is 7.95. The molecule has 17 heavy (non-hydrogen) atoms. The van der Waals surface area contributed by atoms with Gasteiger partial charge in [0, 0.05) is 35.1 Å². The van der Waals surface area contributed by atoms with Gasteiger partial charge in [0.2, 0.25) is 0 Å². The molecule has 1 aromatic heterocycles. The highest BCUT2D eigenvalue weighted by atomic mass is 16.5. The molecule has 3 nitrogen and oxygen atoms in total. The van der Waals surface area contributed by atoms with E-state index in [0.717, 1.165) is 5.39 Å². The number of methoxy groups -OCH3 is 1. The molecule has 1 unspecified atom stereocenters. The van der Waals surface area contributed by atoms with E-state index in [0.29, 0.717) is 11.3 Å². The van der Waals surface area contributed by atoms with Gasteiger partial charge in [0.15, 0.2) is 0 Å². The molecular formula is C14H20N2O. The van der Waals surface area contributed by atoms with Crippen molar-refractivity contribution in [3.05, 3.63) is 30.5 Å². The topological polar surface area (TPSA) is 17.4 Å². The summed E-state index contributed by atoms with van der Waals surface area (Å²) in [6.45, 7) is -3.92. The zero-order chi connectivity index (χ0) is 16.7. The first-order chi connectivity index (χ1) is 10.1. The minimum Gasteiger partial charge on any atom is -0.497 e. The third kappa shape index (κ3) is 2.44. The standard InChI is InChI=1S/C14H20N2O/c1-11(15(2)3)10-16-8-7-12-9-13(17-4)5-6-14(12)16/h5-9,11H,10H2,1-4H3/t11-/m1/s1/i1D3,10D,11D/t10?,11-. The average molecular weight is 237 g/mol. The fourth-order valence-corrected chi connectivity index (χ4v) is 1.63. The molecule has 3 heteroatoms. The molecule has 0 spiro atoms. The van der Waals surface area contributed by atoms with Crippen LogP contribution >= 0.6 is 0 Å². The van der Waals surface area contributed by atoms with Gasteiger partial charge in [-0.05, 0) is 45.2 Å². The largest absolute Gasteiger partial charge is 0.497 e. The molecule has 0 saturated carbocycles. The highest BCUT2D eigenvalue weighted by Crippen LogP contribution is 2.22. The molecule has 1 aromatic carbocycles. The van der Waals surface area contributed by atoms with Crippen LogP contribution in [-0.2, 0) is 6.52 Å². The van der Waals surface area contributed by atoms with E-state index in [1.165, 1.54) is 23.6 Å². The van der Waals surface area contributed by atoms with Crippen molar-refractivity contribution in [3.63, 3.8) is 0 Å². The summed E-state index contributed by atoms with van der Waals surface area (Å²) in [4.78, 5) is 1.27. The lowest BCUT2D eigenvalue weighted by molar-refractivity contribution is 0.286. The molecule has 2 rings (SSSR count). The number of hydrogen-bond donors (Lipinski definition) is 0. The maximum absolute atomic E-state index is 8.39. The summed E-state index contributed by atoms with van der Waals surface area (Å²) < 4.78 is 46.5. The molecule has 0 fully saturated rings. The van der Waals surface area contributed by atoms with E-state index in [4.69, 9.17) is 11.6 Å². The smallest absolute Gasteiger partial charge is 0.119 e. The Bertz CT molecular complexity index is 667. The third-order valence-corrected chi connectivity index (χ3v) is 2.67. The normalized spacial score (nSPS) is 22.0. The van der Waals surface area contributed by atoms with Crippen LogP contribution in [0, 0.1) is 0 Å². The quantitative estimate of drug-likeness (QED) is 0.813. The summed E-state index contributed by atoms with van der Waals surface area (Å²) >= 11 is 0. The van der Waals surface area contributed by atoms with Crippen molar-refractivity contribution in [2.45, 2.75) is 19.4 Å². The van der Waals surface area contributed by atoms with Crippen molar-refractivity contribution < 1.29 is 11.6 Å². The predicted molar refractivity (Wildman–Crippen MR) is 71.6 cm³/mol. The number of fused-ring (bicyclic) bond motifs is 1. The summed E-state index contributed by atoms with van der Waals surface area (Å²) in [6, 6.07) is 5.07. The van der Waals surface area contributed by atoms with Gasteiger partial charge >= 0.3 is 0 Å². The Kier molecular flexibility index (Phi) is 1.99. The zero-order valence-electron chi connectivity index (χ0n) is 15.3. The summed E-state index contributed by atoms with van der Waals surface area (Å²) in [7, 11) is 4.59. The van der Waals surface area contributed by atoms with E-state index >= 15 is 0 Å².